The standard InChI is InChI=1S/C12H16BrFN2O2S/c1-11(15,9-7-8(13)3-4-10(9)14)12(5-6-12)19(17,18)16-2/h3-4,7,16H,5-6,15H2,1-2H3/t11-/m1/s1. The highest BCUT2D eigenvalue weighted by molar-refractivity contribution is 9.10. The summed E-state index contributed by atoms with van der Waals surface area (Å²) in [6, 6.07) is 4.38. The van der Waals surface area contributed by atoms with Crippen LogP contribution in [0.15, 0.2) is 22.7 Å². The zero-order chi connectivity index (χ0) is 14.5. The van der Waals surface area contributed by atoms with Crippen LogP contribution in [-0.4, -0.2) is 20.2 Å². The van der Waals surface area contributed by atoms with Gasteiger partial charge in [-0.05, 0) is 45.0 Å². The summed E-state index contributed by atoms with van der Waals surface area (Å²) in [5.74, 6) is -0.495. The van der Waals surface area contributed by atoms with Gasteiger partial charge in [0.2, 0.25) is 10.0 Å². The Hall–Kier alpha value is -0.500. The van der Waals surface area contributed by atoms with Gasteiger partial charge in [-0.25, -0.2) is 17.5 Å². The van der Waals surface area contributed by atoms with Crippen LogP contribution >= 0.6 is 15.9 Å². The third-order valence-corrected chi connectivity index (χ3v) is 6.81. The Kier molecular flexibility index (Phi) is 3.54. The maximum absolute atomic E-state index is 14.0. The van der Waals surface area contributed by atoms with Crippen molar-refractivity contribution >= 4 is 26.0 Å². The van der Waals surface area contributed by atoms with E-state index in [9.17, 15) is 12.8 Å². The molecular formula is C12H16BrFN2O2S. The highest BCUT2D eigenvalue weighted by atomic mass is 79.9. The molecule has 0 unspecified atom stereocenters. The lowest BCUT2D eigenvalue weighted by atomic mass is 9.87. The molecule has 0 heterocycles. The average Bonchev–Trinajstić information content (AvgIpc) is 3.14. The van der Waals surface area contributed by atoms with Gasteiger partial charge in [0.1, 0.15) is 10.6 Å². The Bertz CT molecular complexity index is 612. The second-order valence-electron chi connectivity index (χ2n) is 5.03. The highest BCUT2D eigenvalue weighted by Gasteiger charge is 2.65. The lowest BCUT2D eigenvalue weighted by Gasteiger charge is -2.34. The van der Waals surface area contributed by atoms with Crippen molar-refractivity contribution in [2.24, 2.45) is 5.73 Å². The minimum absolute atomic E-state index is 0.207. The molecule has 0 amide bonds. The maximum atomic E-state index is 14.0. The third kappa shape index (κ3) is 2.12. The van der Waals surface area contributed by atoms with Gasteiger partial charge in [-0.15, -0.1) is 0 Å². The molecule has 0 bridgehead atoms. The first-order chi connectivity index (χ1) is 8.68. The van der Waals surface area contributed by atoms with Crippen LogP contribution in [-0.2, 0) is 15.6 Å². The molecule has 4 nitrogen and oxygen atoms in total. The van der Waals surface area contributed by atoms with E-state index in [0.29, 0.717) is 17.3 Å². The largest absolute Gasteiger partial charge is 0.320 e. The first-order valence-corrected chi connectivity index (χ1v) is 8.13. The van der Waals surface area contributed by atoms with Gasteiger partial charge in [0.15, 0.2) is 0 Å². The molecule has 0 spiro atoms. The molecule has 1 atom stereocenters. The molecule has 1 fully saturated rings. The van der Waals surface area contributed by atoms with Crippen molar-refractivity contribution in [1.29, 1.82) is 0 Å². The summed E-state index contributed by atoms with van der Waals surface area (Å²) in [5, 5.41) is 0. The van der Waals surface area contributed by atoms with Crippen LogP contribution in [0, 0.1) is 5.82 Å². The van der Waals surface area contributed by atoms with Crippen LogP contribution < -0.4 is 10.5 Å². The molecule has 2 rings (SSSR count). The molecule has 1 aliphatic carbocycles. The predicted molar refractivity (Wildman–Crippen MR) is 75.6 cm³/mol. The van der Waals surface area contributed by atoms with Crippen molar-refractivity contribution < 1.29 is 12.8 Å². The molecule has 19 heavy (non-hydrogen) atoms. The minimum atomic E-state index is -3.58. The predicted octanol–water partition coefficient (Wildman–Crippen LogP) is 1.84. The normalized spacial score (nSPS) is 20.9. The quantitative estimate of drug-likeness (QED) is 0.870. The van der Waals surface area contributed by atoms with Crippen LogP contribution in [0.4, 0.5) is 4.39 Å². The van der Waals surface area contributed by atoms with Gasteiger partial charge >= 0.3 is 0 Å². The average molecular weight is 351 g/mol. The zero-order valence-electron chi connectivity index (χ0n) is 10.7. The number of sulfonamides is 1. The molecule has 3 N–H and O–H groups in total. The fourth-order valence-electron chi connectivity index (χ4n) is 2.52. The van der Waals surface area contributed by atoms with Crippen LogP contribution in [0.2, 0.25) is 0 Å². The molecule has 1 aliphatic rings. The first kappa shape index (κ1) is 14.9. The zero-order valence-corrected chi connectivity index (χ0v) is 13.1. The Morgan fingerprint density at radius 2 is 2.05 bits per heavy atom. The number of rotatable bonds is 4. The number of hydrogen-bond donors (Lipinski definition) is 2. The molecule has 1 aromatic carbocycles. The molecular weight excluding hydrogens is 335 g/mol. The van der Waals surface area contributed by atoms with Gasteiger partial charge in [0, 0.05) is 10.0 Å². The van der Waals surface area contributed by atoms with E-state index >= 15 is 0 Å². The summed E-state index contributed by atoms with van der Waals surface area (Å²) in [6.45, 7) is 1.57. The monoisotopic (exact) mass is 350 g/mol. The van der Waals surface area contributed by atoms with Gasteiger partial charge in [0.05, 0.1) is 5.54 Å². The molecule has 1 aromatic rings. The minimum Gasteiger partial charge on any atom is -0.320 e. The smallest absolute Gasteiger partial charge is 0.219 e. The molecule has 0 saturated heterocycles. The van der Waals surface area contributed by atoms with Crippen LogP contribution in [0.1, 0.15) is 25.3 Å². The first-order valence-electron chi connectivity index (χ1n) is 5.85. The van der Waals surface area contributed by atoms with E-state index in [4.69, 9.17) is 5.73 Å². The van der Waals surface area contributed by atoms with E-state index in [0.717, 1.165) is 0 Å². The summed E-state index contributed by atoms with van der Waals surface area (Å²) < 4.78 is 40.2. The topological polar surface area (TPSA) is 72.2 Å². The fraction of sp³-hybridized carbons (Fsp3) is 0.500. The second kappa shape index (κ2) is 4.51. The van der Waals surface area contributed by atoms with Crippen molar-refractivity contribution in [3.05, 3.63) is 34.1 Å². The second-order valence-corrected chi connectivity index (χ2v) is 8.14. The molecule has 0 aromatic heterocycles. The van der Waals surface area contributed by atoms with Gasteiger partial charge in [-0.2, -0.15) is 0 Å². The van der Waals surface area contributed by atoms with Crippen molar-refractivity contribution in [2.75, 3.05) is 7.05 Å². The number of nitrogens with one attached hydrogen (secondary N) is 1. The Morgan fingerprint density at radius 3 is 2.53 bits per heavy atom. The maximum Gasteiger partial charge on any atom is 0.219 e. The fourth-order valence-corrected chi connectivity index (χ4v) is 4.58. The third-order valence-electron chi connectivity index (χ3n) is 3.92. The van der Waals surface area contributed by atoms with Crippen molar-refractivity contribution in [3.8, 4) is 0 Å². The van der Waals surface area contributed by atoms with E-state index in [-0.39, 0.29) is 5.56 Å². The van der Waals surface area contributed by atoms with E-state index < -0.39 is 26.1 Å². The SMILES string of the molecule is CNS(=O)(=O)C1([C@](C)(N)c2cc(Br)ccc2F)CC1. The van der Waals surface area contributed by atoms with Crippen molar-refractivity contribution in [2.45, 2.75) is 30.1 Å². The Morgan fingerprint density at radius 1 is 1.47 bits per heavy atom. The number of hydrogen-bond acceptors (Lipinski definition) is 3. The van der Waals surface area contributed by atoms with Crippen LogP contribution in [0.25, 0.3) is 0 Å². The Balaban J connectivity index is 2.58. The lowest BCUT2D eigenvalue weighted by molar-refractivity contribution is 0.407. The molecule has 0 radical (unpaired) electrons. The summed E-state index contributed by atoms with van der Waals surface area (Å²) in [6.07, 6.45) is 0.851. The van der Waals surface area contributed by atoms with Crippen LogP contribution in [0.3, 0.4) is 0 Å². The van der Waals surface area contributed by atoms with Crippen molar-refractivity contribution in [1.82, 2.24) is 4.72 Å². The molecule has 0 aliphatic heterocycles. The number of nitrogens with two attached hydrogens (primary N) is 1. The van der Waals surface area contributed by atoms with E-state index in [2.05, 4.69) is 20.7 Å². The number of halogens is 2. The summed E-state index contributed by atoms with van der Waals surface area (Å²) in [7, 11) is -2.23. The number of benzene rings is 1. The summed E-state index contributed by atoms with van der Waals surface area (Å²) >= 11 is 3.26. The van der Waals surface area contributed by atoms with E-state index in [1.54, 1.807) is 19.1 Å². The summed E-state index contributed by atoms with van der Waals surface area (Å²) in [5.41, 5.74) is 5.15. The molecule has 7 heteroatoms. The van der Waals surface area contributed by atoms with Crippen LogP contribution in [0.5, 0.6) is 0 Å². The lowest BCUT2D eigenvalue weighted by Crippen LogP contribution is -2.54. The molecule has 1 saturated carbocycles. The van der Waals surface area contributed by atoms with E-state index in [1.165, 1.54) is 13.1 Å². The Labute approximate surface area is 120 Å². The van der Waals surface area contributed by atoms with Gasteiger partial charge in [0.25, 0.3) is 0 Å². The summed E-state index contributed by atoms with van der Waals surface area (Å²) in [4.78, 5) is 0. The van der Waals surface area contributed by atoms with Gasteiger partial charge < -0.3 is 5.73 Å². The van der Waals surface area contributed by atoms with Gasteiger partial charge in [-0.3, -0.25) is 0 Å². The van der Waals surface area contributed by atoms with Crippen molar-refractivity contribution in [3.63, 3.8) is 0 Å². The molecule has 106 valence electrons. The van der Waals surface area contributed by atoms with E-state index in [1.807, 2.05) is 0 Å². The van der Waals surface area contributed by atoms with Gasteiger partial charge in [-0.1, -0.05) is 15.9 Å². The highest BCUT2D eigenvalue weighted by Crippen LogP contribution is 2.54.